The number of thiophene rings is 1. The molecular formula is C22H19N5OS. The molecule has 0 radical (unpaired) electrons. The summed E-state index contributed by atoms with van der Waals surface area (Å²) in [5, 5.41) is 3.51. The van der Waals surface area contributed by atoms with Gasteiger partial charge in [-0.2, -0.15) is 0 Å². The monoisotopic (exact) mass is 401 g/mol. The smallest absolute Gasteiger partial charge is 0.255 e. The topological polar surface area (TPSA) is 63.9 Å². The van der Waals surface area contributed by atoms with Crippen LogP contribution < -0.4 is 10.5 Å². The van der Waals surface area contributed by atoms with E-state index in [0.717, 1.165) is 13.0 Å². The molecule has 4 aromatic rings. The van der Waals surface area contributed by atoms with Crippen LogP contribution in [0.3, 0.4) is 0 Å². The van der Waals surface area contributed by atoms with Crippen LogP contribution in [0.4, 0.5) is 5.95 Å². The number of anilines is 1. The van der Waals surface area contributed by atoms with Crippen LogP contribution in [0.1, 0.15) is 12.0 Å². The summed E-state index contributed by atoms with van der Waals surface area (Å²) in [4.78, 5) is 27.7. The molecule has 0 amide bonds. The third-order valence-electron chi connectivity index (χ3n) is 5.22. The fraction of sp³-hybridized carbons (Fsp3) is 0.182. The highest BCUT2D eigenvalue weighted by Crippen LogP contribution is 2.33. The number of hydrogen-bond acceptors (Lipinski definition) is 6. The maximum absolute atomic E-state index is 12.6. The Balaban J connectivity index is 1.53. The Kier molecular flexibility index (Phi) is 4.44. The van der Waals surface area contributed by atoms with Crippen molar-refractivity contribution in [3.63, 3.8) is 0 Å². The van der Waals surface area contributed by atoms with Gasteiger partial charge in [-0.05, 0) is 35.1 Å². The first-order valence-corrected chi connectivity index (χ1v) is 10.3. The quantitative estimate of drug-likeness (QED) is 0.523. The molecule has 3 aromatic heterocycles. The molecule has 5 rings (SSSR count). The molecule has 0 bridgehead atoms. The van der Waals surface area contributed by atoms with Crippen molar-refractivity contribution in [3.8, 4) is 11.4 Å². The van der Waals surface area contributed by atoms with Gasteiger partial charge < -0.3 is 4.90 Å². The molecule has 0 aliphatic carbocycles. The van der Waals surface area contributed by atoms with Crippen LogP contribution in [-0.2, 0) is 7.05 Å². The fourth-order valence-corrected chi connectivity index (χ4v) is 4.71. The highest BCUT2D eigenvalue weighted by atomic mass is 32.1. The minimum atomic E-state index is -0.0966. The average Bonchev–Trinajstić information content (AvgIpc) is 3.20. The molecule has 0 saturated carbocycles. The van der Waals surface area contributed by atoms with Gasteiger partial charge in [0, 0.05) is 42.5 Å². The van der Waals surface area contributed by atoms with E-state index in [1.54, 1.807) is 35.2 Å². The fourth-order valence-electron chi connectivity index (χ4n) is 3.72. The molecule has 1 aliphatic rings. The van der Waals surface area contributed by atoms with Crippen molar-refractivity contribution in [2.45, 2.75) is 6.42 Å². The lowest BCUT2D eigenvalue weighted by Crippen LogP contribution is -2.35. The second-order valence-corrected chi connectivity index (χ2v) is 7.93. The minimum Gasteiger partial charge on any atom is -0.338 e. The Labute approximate surface area is 171 Å². The molecule has 0 fully saturated rings. The normalized spacial score (nSPS) is 14.2. The van der Waals surface area contributed by atoms with Crippen molar-refractivity contribution in [3.05, 3.63) is 76.3 Å². The molecule has 0 N–H and O–H groups in total. The minimum absolute atomic E-state index is 0.0966. The largest absolute Gasteiger partial charge is 0.338 e. The van der Waals surface area contributed by atoms with E-state index in [0.29, 0.717) is 23.9 Å². The van der Waals surface area contributed by atoms with Crippen LogP contribution in [0, 0.1) is 0 Å². The number of benzene rings is 1. The van der Waals surface area contributed by atoms with E-state index in [-0.39, 0.29) is 5.56 Å². The second kappa shape index (κ2) is 7.25. The molecule has 1 aromatic carbocycles. The summed E-state index contributed by atoms with van der Waals surface area (Å²) < 4.78 is 2.90. The summed E-state index contributed by atoms with van der Waals surface area (Å²) in [5.74, 6) is 0.663. The first-order chi connectivity index (χ1) is 14.2. The lowest BCUT2D eigenvalue weighted by Gasteiger charge is -2.29. The number of fused-ring (bicyclic) bond motifs is 1. The third kappa shape index (κ3) is 3.23. The lowest BCUT2D eigenvalue weighted by molar-refractivity contribution is 0.727. The molecular weight excluding hydrogens is 382 g/mol. The Morgan fingerprint density at radius 1 is 1.14 bits per heavy atom. The van der Waals surface area contributed by atoms with Crippen LogP contribution >= 0.6 is 11.3 Å². The summed E-state index contributed by atoms with van der Waals surface area (Å²) in [7, 11) is 1.77. The standard InChI is InChI=1S/C22H19N5OS/c1-26-21(28)11-19(18-8-9-23-14-24-18)25-22(26)27-10-4-5-15(12-27)17-13-29-20-7-3-2-6-16(17)20/h2-3,5-9,11,13-14H,4,10,12H2,1H3. The second-order valence-electron chi connectivity index (χ2n) is 7.02. The van der Waals surface area contributed by atoms with Gasteiger partial charge in [-0.15, -0.1) is 11.3 Å². The van der Waals surface area contributed by atoms with Crippen LogP contribution in [0.5, 0.6) is 0 Å². The van der Waals surface area contributed by atoms with Crippen molar-refractivity contribution in [1.82, 2.24) is 19.5 Å². The van der Waals surface area contributed by atoms with Crippen LogP contribution in [0.25, 0.3) is 27.0 Å². The maximum Gasteiger partial charge on any atom is 0.255 e. The summed E-state index contributed by atoms with van der Waals surface area (Å²) in [5.41, 5.74) is 3.67. The van der Waals surface area contributed by atoms with Gasteiger partial charge in [-0.3, -0.25) is 9.36 Å². The molecule has 4 heterocycles. The zero-order valence-electron chi connectivity index (χ0n) is 15.9. The number of hydrogen-bond donors (Lipinski definition) is 0. The molecule has 6 nitrogen and oxygen atoms in total. The van der Waals surface area contributed by atoms with E-state index >= 15 is 0 Å². The Hall–Kier alpha value is -3.32. The van der Waals surface area contributed by atoms with E-state index in [9.17, 15) is 4.79 Å². The molecule has 0 atom stereocenters. The molecule has 0 unspecified atom stereocenters. The third-order valence-corrected chi connectivity index (χ3v) is 6.18. The lowest BCUT2D eigenvalue weighted by atomic mass is 10.0. The molecule has 7 heteroatoms. The van der Waals surface area contributed by atoms with Gasteiger partial charge in [0.1, 0.15) is 6.33 Å². The number of aromatic nitrogens is 4. The van der Waals surface area contributed by atoms with E-state index in [1.165, 1.54) is 33.6 Å². The van der Waals surface area contributed by atoms with Crippen LogP contribution in [-0.4, -0.2) is 32.6 Å². The van der Waals surface area contributed by atoms with E-state index in [1.807, 2.05) is 0 Å². The summed E-state index contributed by atoms with van der Waals surface area (Å²) >= 11 is 1.77. The van der Waals surface area contributed by atoms with Gasteiger partial charge in [0.25, 0.3) is 5.56 Å². The van der Waals surface area contributed by atoms with Crippen LogP contribution in [0.2, 0.25) is 0 Å². The van der Waals surface area contributed by atoms with Gasteiger partial charge in [-0.1, -0.05) is 24.3 Å². The van der Waals surface area contributed by atoms with Gasteiger partial charge in [0.2, 0.25) is 5.95 Å². The summed E-state index contributed by atoms with van der Waals surface area (Å²) in [6, 6.07) is 11.8. The highest BCUT2D eigenvalue weighted by Gasteiger charge is 2.21. The van der Waals surface area contributed by atoms with Gasteiger partial charge in [-0.25, -0.2) is 15.0 Å². The predicted molar refractivity (Wildman–Crippen MR) is 117 cm³/mol. The molecule has 29 heavy (non-hydrogen) atoms. The van der Waals surface area contributed by atoms with Gasteiger partial charge >= 0.3 is 0 Å². The summed E-state index contributed by atoms with van der Waals surface area (Å²) in [6.45, 7) is 1.54. The van der Waals surface area contributed by atoms with E-state index in [4.69, 9.17) is 4.98 Å². The Bertz CT molecular complexity index is 1280. The van der Waals surface area contributed by atoms with E-state index < -0.39 is 0 Å². The molecule has 0 spiro atoms. The summed E-state index contributed by atoms with van der Waals surface area (Å²) in [6.07, 6.45) is 6.34. The predicted octanol–water partition coefficient (Wildman–Crippen LogP) is 3.75. The van der Waals surface area contributed by atoms with Crippen LogP contribution in [0.15, 0.2) is 65.2 Å². The van der Waals surface area contributed by atoms with Crippen molar-refractivity contribution in [2.75, 3.05) is 18.0 Å². The molecule has 1 aliphatic heterocycles. The SMILES string of the molecule is Cn1c(N2CCC=C(c3csc4ccccc34)C2)nc(-c2ccncn2)cc1=O. The first kappa shape index (κ1) is 17.8. The Morgan fingerprint density at radius 2 is 2.03 bits per heavy atom. The first-order valence-electron chi connectivity index (χ1n) is 9.46. The van der Waals surface area contributed by atoms with Crippen molar-refractivity contribution in [2.24, 2.45) is 7.05 Å². The zero-order chi connectivity index (χ0) is 19.8. The van der Waals surface area contributed by atoms with Crippen molar-refractivity contribution < 1.29 is 0 Å². The number of nitrogens with zero attached hydrogens (tertiary/aromatic N) is 5. The van der Waals surface area contributed by atoms with E-state index in [2.05, 4.69) is 50.6 Å². The zero-order valence-corrected chi connectivity index (χ0v) is 16.8. The van der Waals surface area contributed by atoms with Gasteiger partial charge in [0.05, 0.1) is 11.4 Å². The molecule has 144 valence electrons. The number of rotatable bonds is 3. The molecule has 0 saturated heterocycles. The maximum atomic E-state index is 12.6. The Morgan fingerprint density at radius 3 is 2.90 bits per heavy atom. The van der Waals surface area contributed by atoms with Gasteiger partial charge in [0.15, 0.2) is 0 Å². The van der Waals surface area contributed by atoms with Crippen molar-refractivity contribution >= 4 is 32.9 Å². The average molecular weight is 401 g/mol. The van der Waals surface area contributed by atoms with Crippen molar-refractivity contribution in [1.29, 1.82) is 0 Å². The highest BCUT2D eigenvalue weighted by molar-refractivity contribution is 7.17.